The second-order valence-corrected chi connectivity index (χ2v) is 3.39. The number of hydrogen-bond donors (Lipinski definition) is 1. The van der Waals surface area contributed by atoms with Gasteiger partial charge in [-0.2, -0.15) is 8.78 Å². The molecule has 0 aliphatic carbocycles. The molecule has 1 N–H and O–H groups in total. The molecule has 0 aromatic heterocycles. The molecule has 0 radical (unpaired) electrons. The van der Waals surface area contributed by atoms with Gasteiger partial charge >= 0.3 is 6.61 Å². The maximum atomic E-state index is 11.7. The van der Waals surface area contributed by atoms with E-state index in [0.717, 1.165) is 5.69 Å². The molecule has 1 aromatic carbocycles. The number of nitrogens with zero attached hydrogens (tertiary/aromatic N) is 1. The number of amidine groups is 1. The summed E-state index contributed by atoms with van der Waals surface area (Å²) in [6.45, 7) is -2.88. The smallest absolute Gasteiger partial charge is 0.323 e. The van der Waals surface area contributed by atoms with Gasteiger partial charge in [-0.3, -0.25) is 5.41 Å². The Morgan fingerprint density at radius 3 is 2.44 bits per heavy atom. The van der Waals surface area contributed by atoms with Crippen LogP contribution in [-0.4, -0.2) is 18.8 Å². The van der Waals surface area contributed by atoms with Gasteiger partial charge in [0.2, 0.25) is 0 Å². The predicted octanol–water partition coefficient (Wildman–Crippen LogP) is 3.56. The highest BCUT2D eigenvalue weighted by Crippen LogP contribution is 2.18. The van der Waals surface area contributed by atoms with E-state index in [2.05, 4.69) is 4.18 Å². The molecule has 0 aliphatic rings. The molecular weight excluding hydrogens is 349 g/mol. The van der Waals surface area contributed by atoms with Gasteiger partial charge in [0.15, 0.2) is 5.17 Å². The molecule has 0 unspecified atom stereocenters. The van der Waals surface area contributed by atoms with Gasteiger partial charge in [0.25, 0.3) is 0 Å². The number of para-hydroxylation sites is 1. The Bertz CT molecular complexity index is 327. The highest BCUT2D eigenvalue weighted by molar-refractivity contribution is 14.0. The lowest BCUT2D eigenvalue weighted by molar-refractivity contribution is -0.0334. The van der Waals surface area contributed by atoms with E-state index in [1.54, 1.807) is 31.3 Å². The van der Waals surface area contributed by atoms with Crippen molar-refractivity contribution >= 4 is 46.9 Å². The first-order valence-electron chi connectivity index (χ1n) is 4.10. The highest BCUT2D eigenvalue weighted by Gasteiger charge is 2.11. The molecule has 7 heteroatoms. The lowest BCUT2D eigenvalue weighted by Crippen LogP contribution is -2.22. The van der Waals surface area contributed by atoms with Crippen LogP contribution in [-0.2, 0) is 4.18 Å². The average molecular weight is 360 g/mol. The minimum Gasteiger partial charge on any atom is -0.323 e. The van der Waals surface area contributed by atoms with E-state index in [1.165, 1.54) is 4.90 Å². The van der Waals surface area contributed by atoms with Crippen molar-refractivity contribution in [1.29, 1.82) is 5.41 Å². The third kappa shape index (κ3) is 5.08. The van der Waals surface area contributed by atoms with Crippen LogP contribution < -0.4 is 4.90 Å². The molecule has 3 nitrogen and oxygen atoms in total. The number of nitrogens with one attached hydrogen (secondary N) is 1. The van der Waals surface area contributed by atoms with Gasteiger partial charge in [-0.05, 0) is 12.1 Å². The van der Waals surface area contributed by atoms with Crippen molar-refractivity contribution in [3.05, 3.63) is 30.3 Å². The number of benzene rings is 1. The van der Waals surface area contributed by atoms with E-state index in [1.807, 2.05) is 6.07 Å². The van der Waals surface area contributed by atoms with Crippen LogP contribution in [0, 0.1) is 5.41 Å². The number of anilines is 1. The molecule has 90 valence electrons. The maximum Gasteiger partial charge on any atom is 0.355 e. The van der Waals surface area contributed by atoms with Crippen LogP contribution in [0.25, 0.3) is 0 Å². The molecule has 0 saturated heterocycles. The van der Waals surface area contributed by atoms with Crippen molar-refractivity contribution < 1.29 is 13.0 Å². The van der Waals surface area contributed by atoms with Crippen LogP contribution >= 0.6 is 36.0 Å². The van der Waals surface area contributed by atoms with Gasteiger partial charge in [-0.1, -0.05) is 18.2 Å². The fourth-order valence-electron chi connectivity index (χ4n) is 0.907. The Kier molecular flexibility index (Phi) is 7.60. The Morgan fingerprint density at radius 2 is 1.94 bits per heavy atom. The Balaban J connectivity index is 0.00000225. The highest BCUT2D eigenvalue weighted by atomic mass is 127. The summed E-state index contributed by atoms with van der Waals surface area (Å²) in [6.07, 6.45) is 0. The molecule has 0 fully saturated rings. The van der Waals surface area contributed by atoms with Crippen LogP contribution in [0.2, 0.25) is 0 Å². The molecule has 1 rings (SSSR count). The standard InChI is InChI=1S/C9H10F2N2OS.HI/c1-13(7-5-3-2-4-6-7)9(12)15-14-8(10)11;/h2-6,8,12H,1H3;1H. The predicted molar refractivity (Wildman–Crippen MR) is 72.7 cm³/mol. The van der Waals surface area contributed by atoms with Crippen molar-refractivity contribution in [1.82, 2.24) is 0 Å². The quantitative estimate of drug-likeness (QED) is 0.388. The average Bonchev–Trinajstić information content (AvgIpc) is 2.26. The van der Waals surface area contributed by atoms with Crippen molar-refractivity contribution in [2.75, 3.05) is 11.9 Å². The molecule has 0 amide bonds. The third-order valence-electron chi connectivity index (χ3n) is 1.65. The molecule has 16 heavy (non-hydrogen) atoms. The lowest BCUT2D eigenvalue weighted by Gasteiger charge is -2.18. The molecular formula is C9H11F2IN2OS. The number of rotatable bonds is 3. The van der Waals surface area contributed by atoms with Crippen molar-refractivity contribution in [3.8, 4) is 0 Å². The van der Waals surface area contributed by atoms with Gasteiger partial charge in [0.1, 0.15) is 0 Å². The van der Waals surface area contributed by atoms with Gasteiger partial charge < -0.3 is 4.90 Å². The van der Waals surface area contributed by atoms with E-state index in [0.29, 0.717) is 12.0 Å². The van der Waals surface area contributed by atoms with E-state index < -0.39 is 6.61 Å². The van der Waals surface area contributed by atoms with Gasteiger partial charge in [0, 0.05) is 12.7 Å². The molecule has 0 aliphatic heterocycles. The molecule has 0 heterocycles. The van der Waals surface area contributed by atoms with Gasteiger partial charge in [-0.15, -0.1) is 24.0 Å². The minimum absolute atomic E-state index is 0. The number of halogens is 3. The summed E-state index contributed by atoms with van der Waals surface area (Å²) in [5.74, 6) is 0. The van der Waals surface area contributed by atoms with Gasteiger partial charge in [0.05, 0.1) is 12.0 Å². The lowest BCUT2D eigenvalue weighted by atomic mass is 10.3. The van der Waals surface area contributed by atoms with E-state index in [4.69, 9.17) is 5.41 Å². The van der Waals surface area contributed by atoms with Crippen molar-refractivity contribution in [2.24, 2.45) is 0 Å². The van der Waals surface area contributed by atoms with Crippen LogP contribution in [0.5, 0.6) is 0 Å². The van der Waals surface area contributed by atoms with E-state index in [-0.39, 0.29) is 29.1 Å². The summed E-state index contributed by atoms with van der Waals surface area (Å²) < 4.78 is 27.4. The SMILES string of the molecule is CN(C(=N)SOC(F)F)c1ccccc1.I. The normalized spacial score (nSPS) is 9.75. The Morgan fingerprint density at radius 1 is 1.38 bits per heavy atom. The molecule has 0 saturated carbocycles. The summed E-state index contributed by atoms with van der Waals surface area (Å²) in [5, 5.41) is 7.36. The summed E-state index contributed by atoms with van der Waals surface area (Å²) in [5.41, 5.74) is 0.743. The van der Waals surface area contributed by atoms with E-state index in [9.17, 15) is 8.78 Å². The fraction of sp³-hybridized carbons (Fsp3) is 0.222. The molecule has 1 aromatic rings. The number of alkyl halides is 2. The van der Waals surface area contributed by atoms with Crippen LogP contribution in [0.3, 0.4) is 0 Å². The summed E-state index contributed by atoms with van der Waals surface area (Å²) in [4.78, 5) is 1.45. The Hall–Kier alpha value is -0.410. The van der Waals surface area contributed by atoms with Gasteiger partial charge in [-0.25, -0.2) is 4.18 Å². The van der Waals surface area contributed by atoms with Crippen molar-refractivity contribution in [2.45, 2.75) is 6.61 Å². The van der Waals surface area contributed by atoms with E-state index >= 15 is 0 Å². The molecule has 0 spiro atoms. The third-order valence-corrected chi connectivity index (χ3v) is 2.32. The zero-order valence-corrected chi connectivity index (χ0v) is 11.5. The second kappa shape index (κ2) is 7.80. The zero-order chi connectivity index (χ0) is 11.3. The van der Waals surface area contributed by atoms with Crippen LogP contribution in [0.1, 0.15) is 0 Å². The topological polar surface area (TPSA) is 36.3 Å². The maximum absolute atomic E-state index is 11.7. The monoisotopic (exact) mass is 360 g/mol. The summed E-state index contributed by atoms with van der Waals surface area (Å²) in [6, 6.07) is 8.99. The fourth-order valence-corrected chi connectivity index (χ4v) is 1.29. The Labute approximate surface area is 114 Å². The second-order valence-electron chi connectivity index (χ2n) is 2.64. The van der Waals surface area contributed by atoms with Crippen molar-refractivity contribution in [3.63, 3.8) is 0 Å². The minimum atomic E-state index is -2.88. The largest absolute Gasteiger partial charge is 0.355 e. The van der Waals surface area contributed by atoms with Crippen LogP contribution in [0.15, 0.2) is 30.3 Å². The molecule has 0 bridgehead atoms. The summed E-state index contributed by atoms with van der Waals surface area (Å²) >= 11 is 0.347. The first-order valence-corrected chi connectivity index (χ1v) is 4.84. The first kappa shape index (κ1) is 15.6. The first-order chi connectivity index (χ1) is 7.11. The zero-order valence-electron chi connectivity index (χ0n) is 8.39. The molecule has 0 atom stereocenters. The summed E-state index contributed by atoms with van der Waals surface area (Å²) in [7, 11) is 1.61. The van der Waals surface area contributed by atoms with Crippen LogP contribution in [0.4, 0.5) is 14.5 Å². The number of hydrogen-bond acceptors (Lipinski definition) is 3.